The molecule has 0 aromatic rings. The van der Waals surface area contributed by atoms with Gasteiger partial charge in [0.05, 0.1) is 0 Å². The molecule has 1 heterocycles. The number of nitrogens with two attached hydrogens (primary N) is 1. The summed E-state index contributed by atoms with van der Waals surface area (Å²) >= 11 is 0. The minimum atomic E-state index is 0.297. The average molecular weight is 266 g/mol. The van der Waals surface area contributed by atoms with Gasteiger partial charge in [0, 0.05) is 18.6 Å². The number of likely N-dealkylation sites (tertiary alicyclic amines) is 1. The Morgan fingerprint density at radius 2 is 1.53 bits per heavy atom. The van der Waals surface area contributed by atoms with Crippen molar-refractivity contribution in [1.29, 1.82) is 0 Å². The maximum Gasteiger partial charge on any atom is 0.0332 e. The Morgan fingerprint density at radius 1 is 0.842 bits per heavy atom. The lowest BCUT2D eigenvalue weighted by Gasteiger charge is -2.50. The van der Waals surface area contributed by atoms with Gasteiger partial charge in [-0.05, 0) is 55.9 Å². The second-order valence-corrected chi connectivity index (χ2v) is 8.64. The minimum Gasteiger partial charge on any atom is -0.329 e. The number of piperidine rings is 1. The van der Waals surface area contributed by atoms with Crippen LogP contribution in [-0.2, 0) is 0 Å². The van der Waals surface area contributed by atoms with Crippen LogP contribution in [0.2, 0.25) is 0 Å². The largest absolute Gasteiger partial charge is 0.329 e. The zero-order valence-electron chi connectivity index (χ0n) is 13.6. The van der Waals surface area contributed by atoms with Gasteiger partial charge in [-0.25, -0.2) is 0 Å². The van der Waals surface area contributed by atoms with Gasteiger partial charge in [0.2, 0.25) is 0 Å². The van der Waals surface area contributed by atoms with E-state index in [4.69, 9.17) is 5.73 Å². The summed E-state index contributed by atoms with van der Waals surface area (Å²) in [5.41, 5.74) is 7.56. The second-order valence-electron chi connectivity index (χ2n) is 8.64. The molecule has 2 fully saturated rings. The minimum absolute atomic E-state index is 0.297. The molecule has 0 amide bonds. The summed E-state index contributed by atoms with van der Waals surface area (Å²) in [5, 5.41) is 0. The Kier molecular flexibility index (Phi) is 4.32. The normalized spacial score (nSPS) is 35.8. The summed E-state index contributed by atoms with van der Waals surface area (Å²) in [6.07, 6.45) is 9.37. The first-order valence-corrected chi connectivity index (χ1v) is 8.24. The van der Waals surface area contributed by atoms with Gasteiger partial charge in [-0.1, -0.05) is 34.1 Å². The zero-order chi connectivity index (χ0) is 14.1. The summed E-state index contributed by atoms with van der Waals surface area (Å²) in [5.74, 6) is 0. The van der Waals surface area contributed by atoms with Crippen molar-refractivity contribution in [2.24, 2.45) is 16.6 Å². The van der Waals surface area contributed by atoms with Crippen LogP contribution in [0.3, 0.4) is 0 Å². The number of nitrogens with zero attached hydrogens (tertiary/aromatic N) is 1. The highest BCUT2D eigenvalue weighted by Gasteiger charge is 2.42. The van der Waals surface area contributed by atoms with Gasteiger partial charge in [-0.15, -0.1) is 0 Å². The predicted octanol–water partition coefficient (Wildman–Crippen LogP) is 3.80. The maximum atomic E-state index is 6.27. The SMILES string of the molecule is CC1(C)CCCC(CN)(N2CCCC(C)(C)C2)CC1. The van der Waals surface area contributed by atoms with Crippen molar-refractivity contribution in [3.63, 3.8) is 0 Å². The molecule has 0 aromatic carbocycles. The van der Waals surface area contributed by atoms with E-state index in [1.165, 1.54) is 58.0 Å². The topological polar surface area (TPSA) is 29.3 Å². The van der Waals surface area contributed by atoms with E-state index in [0.717, 1.165) is 6.54 Å². The molecule has 1 aliphatic heterocycles. The van der Waals surface area contributed by atoms with E-state index < -0.39 is 0 Å². The third-order valence-corrected chi connectivity index (χ3v) is 5.71. The van der Waals surface area contributed by atoms with Crippen molar-refractivity contribution in [1.82, 2.24) is 4.90 Å². The molecule has 1 unspecified atom stereocenters. The molecule has 0 radical (unpaired) electrons. The highest BCUT2D eigenvalue weighted by atomic mass is 15.2. The van der Waals surface area contributed by atoms with E-state index >= 15 is 0 Å². The van der Waals surface area contributed by atoms with E-state index in [9.17, 15) is 0 Å². The molecule has 2 N–H and O–H groups in total. The van der Waals surface area contributed by atoms with Gasteiger partial charge in [0.15, 0.2) is 0 Å². The maximum absolute atomic E-state index is 6.27. The van der Waals surface area contributed by atoms with Crippen LogP contribution in [0.15, 0.2) is 0 Å². The molecule has 0 spiro atoms. The van der Waals surface area contributed by atoms with Crippen LogP contribution in [0.25, 0.3) is 0 Å². The van der Waals surface area contributed by atoms with Crippen molar-refractivity contribution in [2.45, 2.75) is 78.2 Å². The van der Waals surface area contributed by atoms with Crippen molar-refractivity contribution in [3.8, 4) is 0 Å². The van der Waals surface area contributed by atoms with Crippen molar-refractivity contribution in [2.75, 3.05) is 19.6 Å². The molecule has 0 aromatic heterocycles. The fourth-order valence-corrected chi connectivity index (χ4v) is 4.19. The van der Waals surface area contributed by atoms with Gasteiger partial charge < -0.3 is 5.73 Å². The quantitative estimate of drug-likeness (QED) is 0.770. The highest BCUT2D eigenvalue weighted by Crippen LogP contribution is 2.43. The summed E-state index contributed by atoms with van der Waals surface area (Å²) in [7, 11) is 0. The lowest BCUT2D eigenvalue weighted by molar-refractivity contribution is 0.00761. The summed E-state index contributed by atoms with van der Waals surface area (Å²) in [6.45, 7) is 13.1. The molecule has 1 aliphatic carbocycles. The molecule has 2 aliphatic rings. The fraction of sp³-hybridized carbons (Fsp3) is 1.00. The van der Waals surface area contributed by atoms with E-state index in [1.807, 2.05) is 0 Å². The van der Waals surface area contributed by atoms with Crippen LogP contribution in [0, 0.1) is 10.8 Å². The molecule has 1 saturated carbocycles. The van der Waals surface area contributed by atoms with Crippen LogP contribution in [-0.4, -0.2) is 30.1 Å². The van der Waals surface area contributed by atoms with Crippen LogP contribution < -0.4 is 5.73 Å². The summed E-state index contributed by atoms with van der Waals surface area (Å²) in [4.78, 5) is 2.76. The zero-order valence-corrected chi connectivity index (χ0v) is 13.6. The lowest BCUT2D eigenvalue weighted by Crippen LogP contribution is -2.58. The fourth-order valence-electron chi connectivity index (χ4n) is 4.19. The first-order valence-electron chi connectivity index (χ1n) is 8.24. The molecule has 19 heavy (non-hydrogen) atoms. The number of hydrogen-bond donors (Lipinski definition) is 1. The molecule has 2 rings (SSSR count). The smallest absolute Gasteiger partial charge is 0.0332 e. The van der Waals surface area contributed by atoms with Crippen molar-refractivity contribution >= 4 is 0 Å². The molecule has 2 heteroatoms. The lowest BCUT2D eigenvalue weighted by atomic mass is 9.78. The van der Waals surface area contributed by atoms with E-state index in [-0.39, 0.29) is 0 Å². The Hall–Kier alpha value is -0.0800. The predicted molar refractivity (Wildman–Crippen MR) is 83.2 cm³/mol. The average Bonchev–Trinajstić information content (AvgIpc) is 2.47. The van der Waals surface area contributed by atoms with E-state index in [1.54, 1.807) is 0 Å². The van der Waals surface area contributed by atoms with Crippen molar-refractivity contribution in [3.05, 3.63) is 0 Å². The van der Waals surface area contributed by atoms with Crippen molar-refractivity contribution < 1.29 is 0 Å². The van der Waals surface area contributed by atoms with Crippen LogP contribution in [0.4, 0.5) is 0 Å². The van der Waals surface area contributed by atoms with Crippen LogP contribution >= 0.6 is 0 Å². The van der Waals surface area contributed by atoms with Crippen LogP contribution in [0.5, 0.6) is 0 Å². The van der Waals surface area contributed by atoms with Gasteiger partial charge in [-0.3, -0.25) is 4.90 Å². The van der Waals surface area contributed by atoms with E-state index in [0.29, 0.717) is 16.4 Å². The highest BCUT2D eigenvalue weighted by molar-refractivity contribution is 4.98. The van der Waals surface area contributed by atoms with Gasteiger partial charge >= 0.3 is 0 Å². The number of hydrogen-bond acceptors (Lipinski definition) is 2. The Morgan fingerprint density at radius 3 is 2.16 bits per heavy atom. The molecule has 0 bridgehead atoms. The Labute approximate surface area is 120 Å². The van der Waals surface area contributed by atoms with E-state index in [2.05, 4.69) is 32.6 Å². The third kappa shape index (κ3) is 3.52. The Bertz CT molecular complexity index is 308. The molecule has 1 atom stereocenters. The Balaban J connectivity index is 2.13. The first kappa shape index (κ1) is 15.3. The molecular formula is C17H34N2. The first-order chi connectivity index (χ1) is 8.79. The molecule has 2 nitrogen and oxygen atoms in total. The molecule has 1 saturated heterocycles. The molecule has 112 valence electrons. The van der Waals surface area contributed by atoms with Gasteiger partial charge in [0.1, 0.15) is 0 Å². The summed E-state index contributed by atoms with van der Waals surface area (Å²) in [6, 6.07) is 0. The van der Waals surface area contributed by atoms with Gasteiger partial charge in [-0.2, -0.15) is 0 Å². The monoisotopic (exact) mass is 266 g/mol. The van der Waals surface area contributed by atoms with Crippen LogP contribution in [0.1, 0.15) is 72.6 Å². The molecular weight excluding hydrogens is 232 g/mol. The number of rotatable bonds is 2. The second kappa shape index (κ2) is 5.37. The third-order valence-electron chi connectivity index (χ3n) is 5.71. The summed E-state index contributed by atoms with van der Waals surface area (Å²) < 4.78 is 0. The van der Waals surface area contributed by atoms with Gasteiger partial charge in [0.25, 0.3) is 0 Å². The standard InChI is InChI=1S/C17H34N2/c1-15(2)7-5-9-17(13-18,11-10-15)19-12-6-8-16(3,4)14-19/h5-14,18H2,1-4H3.